The number of ether oxygens (including phenoxy) is 3. The van der Waals surface area contributed by atoms with Gasteiger partial charge in [0.15, 0.2) is 5.82 Å². The Morgan fingerprint density at radius 1 is 1.11 bits per heavy atom. The Balaban J connectivity index is 1.20. The molecule has 9 nitrogen and oxygen atoms in total. The van der Waals surface area contributed by atoms with Crippen LogP contribution in [0.4, 0.5) is 0 Å². The van der Waals surface area contributed by atoms with Crippen LogP contribution in [0.5, 0.6) is 11.6 Å². The average molecular weight is 597 g/mol. The molecule has 1 fully saturated rings. The SMILES string of the molecule is CCOc1c(C(=O)O)cnn1-c1cccc(-c2cccc(C)c2OCc2ccc3c(c2)CCN(C2CCOC(C)(C)C2)C3)n1. The van der Waals surface area contributed by atoms with Crippen molar-refractivity contribution in [3.63, 3.8) is 0 Å². The topological polar surface area (TPSA) is 98.9 Å². The molecule has 0 amide bonds. The summed E-state index contributed by atoms with van der Waals surface area (Å²) in [6.45, 7) is 11.9. The zero-order valence-electron chi connectivity index (χ0n) is 25.9. The van der Waals surface area contributed by atoms with Gasteiger partial charge in [-0.05, 0) is 87.4 Å². The molecular formula is C35H40N4O5. The van der Waals surface area contributed by atoms with Crippen LogP contribution >= 0.6 is 0 Å². The third kappa shape index (κ3) is 6.21. The molecule has 0 radical (unpaired) electrons. The lowest BCUT2D eigenvalue weighted by molar-refractivity contribution is -0.0851. The van der Waals surface area contributed by atoms with Crippen molar-refractivity contribution in [1.29, 1.82) is 0 Å². The maximum Gasteiger partial charge on any atom is 0.342 e. The van der Waals surface area contributed by atoms with Gasteiger partial charge < -0.3 is 19.3 Å². The van der Waals surface area contributed by atoms with Gasteiger partial charge in [-0.1, -0.05) is 36.4 Å². The van der Waals surface area contributed by atoms with E-state index in [0.717, 1.165) is 61.4 Å². The largest absolute Gasteiger partial charge is 0.488 e. The molecule has 0 saturated carbocycles. The van der Waals surface area contributed by atoms with E-state index in [1.54, 1.807) is 13.0 Å². The van der Waals surface area contributed by atoms with Gasteiger partial charge in [-0.2, -0.15) is 9.78 Å². The van der Waals surface area contributed by atoms with Gasteiger partial charge in [0.05, 0.1) is 24.1 Å². The van der Waals surface area contributed by atoms with Gasteiger partial charge in [0, 0.05) is 31.3 Å². The molecule has 2 aromatic carbocycles. The number of aryl methyl sites for hydroxylation is 1. The van der Waals surface area contributed by atoms with Crippen molar-refractivity contribution < 1.29 is 24.1 Å². The Kier molecular flexibility index (Phi) is 8.42. The van der Waals surface area contributed by atoms with E-state index in [9.17, 15) is 9.90 Å². The number of rotatable bonds is 9. The molecule has 1 saturated heterocycles. The molecule has 1 N–H and O–H groups in total. The zero-order chi connectivity index (χ0) is 30.8. The lowest BCUT2D eigenvalue weighted by Gasteiger charge is -2.43. The third-order valence-corrected chi connectivity index (χ3v) is 8.56. The lowest BCUT2D eigenvalue weighted by atomic mass is 9.90. The number of aromatic nitrogens is 3. The molecule has 4 heterocycles. The van der Waals surface area contributed by atoms with E-state index in [0.29, 0.717) is 30.8 Å². The van der Waals surface area contributed by atoms with Crippen LogP contribution in [-0.2, 0) is 24.3 Å². The van der Waals surface area contributed by atoms with Crippen molar-refractivity contribution in [2.24, 2.45) is 0 Å². The van der Waals surface area contributed by atoms with Crippen molar-refractivity contribution in [2.45, 2.75) is 71.8 Å². The molecule has 2 aliphatic heterocycles. The number of benzene rings is 2. The molecule has 0 aliphatic carbocycles. The van der Waals surface area contributed by atoms with Crippen molar-refractivity contribution in [3.05, 3.63) is 88.6 Å². The number of para-hydroxylation sites is 1. The maximum absolute atomic E-state index is 11.7. The number of pyridine rings is 1. The van der Waals surface area contributed by atoms with Crippen LogP contribution in [0.3, 0.4) is 0 Å². The van der Waals surface area contributed by atoms with Gasteiger partial charge in [0.1, 0.15) is 17.9 Å². The Bertz CT molecular complexity index is 1660. The molecule has 6 rings (SSSR count). The molecule has 2 aliphatic rings. The maximum atomic E-state index is 11.7. The predicted octanol–water partition coefficient (Wildman–Crippen LogP) is 6.23. The van der Waals surface area contributed by atoms with Gasteiger partial charge >= 0.3 is 5.97 Å². The number of aromatic carboxylic acids is 1. The number of fused-ring (bicyclic) bond motifs is 1. The Labute approximate surface area is 258 Å². The van der Waals surface area contributed by atoms with Crippen LogP contribution in [0.1, 0.15) is 66.2 Å². The van der Waals surface area contributed by atoms with Crippen LogP contribution in [0.2, 0.25) is 0 Å². The first-order valence-corrected chi connectivity index (χ1v) is 15.4. The fourth-order valence-corrected chi connectivity index (χ4v) is 6.36. The number of carbonyl (C=O) groups is 1. The zero-order valence-corrected chi connectivity index (χ0v) is 25.9. The molecule has 4 aromatic rings. The minimum atomic E-state index is -1.10. The highest BCUT2D eigenvalue weighted by atomic mass is 16.5. The van der Waals surface area contributed by atoms with Crippen LogP contribution < -0.4 is 9.47 Å². The monoisotopic (exact) mass is 596 g/mol. The molecule has 0 spiro atoms. The number of carboxylic acid groups (broad SMARTS) is 1. The minimum Gasteiger partial charge on any atom is -0.488 e. The molecule has 44 heavy (non-hydrogen) atoms. The van der Waals surface area contributed by atoms with E-state index in [4.69, 9.17) is 19.2 Å². The first-order valence-electron chi connectivity index (χ1n) is 15.4. The molecule has 9 heteroatoms. The molecule has 1 unspecified atom stereocenters. The van der Waals surface area contributed by atoms with Gasteiger partial charge in [0.25, 0.3) is 0 Å². The van der Waals surface area contributed by atoms with Gasteiger partial charge in [-0.25, -0.2) is 9.78 Å². The van der Waals surface area contributed by atoms with E-state index in [-0.39, 0.29) is 17.0 Å². The average Bonchev–Trinajstić information content (AvgIpc) is 3.44. The second kappa shape index (κ2) is 12.4. The van der Waals surface area contributed by atoms with Gasteiger partial charge in [-0.15, -0.1) is 0 Å². The number of carboxylic acids is 1. The van der Waals surface area contributed by atoms with Crippen molar-refractivity contribution in [3.8, 4) is 28.7 Å². The summed E-state index contributed by atoms with van der Waals surface area (Å²) in [4.78, 5) is 19.2. The smallest absolute Gasteiger partial charge is 0.342 e. The molecule has 1 atom stereocenters. The Morgan fingerprint density at radius 2 is 1.95 bits per heavy atom. The first-order chi connectivity index (χ1) is 21.2. The Morgan fingerprint density at radius 3 is 2.75 bits per heavy atom. The van der Waals surface area contributed by atoms with Gasteiger partial charge in [0.2, 0.25) is 5.88 Å². The van der Waals surface area contributed by atoms with Crippen molar-refractivity contribution in [2.75, 3.05) is 19.8 Å². The first kappa shape index (κ1) is 29.8. The second-order valence-electron chi connectivity index (χ2n) is 12.2. The van der Waals surface area contributed by atoms with Gasteiger partial charge in [-0.3, -0.25) is 4.90 Å². The highest BCUT2D eigenvalue weighted by Crippen LogP contribution is 2.35. The normalized spacial score (nSPS) is 18.0. The summed E-state index contributed by atoms with van der Waals surface area (Å²) in [7, 11) is 0. The van der Waals surface area contributed by atoms with Crippen molar-refractivity contribution >= 4 is 5.97 Å². The number of hydrogen-bond donors (Lipinski definition) is 1. The number of hydrogen-bond acceptors (Lipinski definition) is 7. The lowest BCUT2D eigenvalue weighted by Crippen LogP contribution is -2.47. The van der Waals surface area contributed by atoms with Crippen LogP contribution in [0.25, 0.3) is 17.1 Å². The molecular weight excluding hydrogens is 556 g/mol. The summed E-state index contributed by atoms with van der Waals surface area (Å²) in [6, 6.07) is 18.9. The molecule has 2 aromatic heterocycles. The van der Waals surface area contributed by atoms with Crippen LogP contribution in [-0.4, -0.2) is 62.1 Å². The number of nitrogens with zero attached hydrogens (tertiary/aromatic N) is 4. The predicted molar refractivity (Wildman–Crippen MR) is 168 cm³/mol. The summed E-state index contributed by atoms with van der Waals surface area (Å²) >= 11 is 0. The minimum absolute atomic E-state index is 0.0103. The molecule has 230 valence electrons. The summed E-state index contributed by atoms with van der Waals surface area (Å²) < 4.78 is 19.5. The van der Waals surface area contributed by atoms with E-state index < -0.39 is 5.97 Å². The Hall–Kier alpha value is -4.21. The van der Waals surface area contributed by atoms with E-state index in [2.05, 4.69) is 42.0 Å². The summed E-state index contributed by atoms with van der Waals surface area (Å²) in [5, 5.41) is 13.8. The van der Waals surface area contributed by atoms with Crippen LogP contribution in [0, 0.1) is 6.92 Å². The third-order valence-electron chi connectivity index (χ3n) is 8.56. The fourth-order valence-electron chi connectivity index (χ4n) is 6.36. The summed E-state index contributed by atoms with van der Waals surface area (Å²) in [5.41, 5.74) is 6.43. The highest BCUT2D eigenvalue weighted by molar-refractivity contribution is 5.90. The van der Waals surface area contributed by atoms with E-state index in [1.807, 2.05) is 37.3 Å². The van der Waals surface area contributed by atoms with E-state index >= 15 is 0 Å². The van der Waals surface area contributed by atoms with Crippen molar-refractivity contribution in [1.82, 2.24) is 19.7 Å². The molecule has 0 bridgehead atoms. The summed E-state index contributed by atoms with van der Waals surface area (Å²) in [5.74, 6) is 0.268. The highest BCUT2D eigenvalue weighted by Gasteiger charge is 2.33. The quantitative estimate of drug-likeness (QED) is 0.243. The van der Waals surface area contributed by atoms with Crippen LogP contribution in [0.15, 0.2) is 60.8 Å². The second-order valence-corrected chi connectivity index (χ2v) is 12.2. The summed E-state index contributed by atoms with van der Waals surface area (Å²) in [6.07, 6.45) is 4.49. The fraction of sp³-hybridized carbons (Fsp3) is 0.400. The van der Waals surface area contributed by atoms with E-state index in [1.165, 1.54) is 22.0 Å². The standard InChI is InChI=1S/C35H40N4O5/c1-5-42-33-29(34(40)41)20-36-39(33)31-11-7-10-30(37-31)28-9-6-8-23(2)32(28)43-22-24-12-13-26-21-38(16-14-25(26)18-24)27-15-17-44-35(3,4)19-27/h6-13,18,20,27H,5,14-17,19,21-22H2,1-4H3,(H,40,41).